The third-order valence-corrected chi connectivity index (χ3v) is 2.79. The maximum atomic E-state index is 11.9. The monoisotopic (exact) mass is 254 g/mol. The number of carbonyl (C=O) groups is 1. The van der Waals surface area contributed by atoms with Crippen LogP contribution in [0.4, 0.5) is 0 Å². The van der Waals surface area contributed by atoms with Gasteiger partial charge in [0.25, 0.3) is 0 Å². The van der Waals surface area contributed by atoms with Crippen LogP contribution in [0.3, 0.4) is 0 Å². The summed E-state index contributed by atoms with van der Waals surface area (Å²) in [4.78, 5) is 11.9. The van der Waals surface area contributed by atoms with Crippen molar-refractivity contribution in [1.29, 1.82) is 0 Å². The summed E-state index contributed by atoms with van der Waals surface area (Å²) < 4.78 is 5.28. The lowest BCUT2D eigenvalue weighted by molar-refractivity contribution is 0.0735. The molecule has 0 atom stereocenters. The lowest BCUT2D eigenvalue weighted by Gasteiger charge is -2.07. The van der Waals surface area contributed by atoms with Crippen LogP contribution in [0.25, 0.3) is 0 Å². The van der Waals surface area contributed by atoms with Gasteiger partial charge in [0.1, 0.15) is 5.75 Å². The largest absolute Gasteiger partial charge is 0.423 e. The van der Waals surface area contributed by atoms with Crippen molar-refractivity contribution in [2.75, 3.05) is 0 Å². The van der Waals surface area contributed by atoms with E-state index < -0.39 is 0 Å². The summed E-state index contributed by atoms with van der Waals surface area (Å²) in [5, 5.41) is 0. The lowest BCUT2D eigenvalue weighted by Crippen LogP contribution is -2.08. The van der Waals surface area contributed by atoms with E-state index in [-0.39, 0.29) is 5.97 Å². The van der Waals surface area contributed by atoms with Crippen molar-refractivity contribution in [2.45, 2.75) is 20.3 Å². The fourth-order valence-corrected chi connectivity index (χ4v) is 1.90. The Kier molecular flexibility index (Phi) is 4.35. The minimum atomic E-state index is -0.317. The summed E-state index contributed by atoms with van der Waals surface area (Å²) in [5.74, 6) is 0.864. The Morgan fingerprint density at radius 3 is 2.21 bits per heavy atom. The van der Waals surface area contributed by atoms with E-state index in [0.717, 1.165) is 6.42 Å². The van der Waals surface area contributed by atoms with E-state index >= 15 is 0 Å². The van der Waals surface area contributed by atoms with Gasteiger partial charge in [0, 0.05) is 0 Å². The van der Waals surface area contributed by atoms with E-state index in [1.165, 1.54) is 5.56 Å². The number of benzene rings is 2. The van der Waals surface area contributed by atoms with Crippen LogP contribution in [-0.4, -0.2) is 5.97 Å². The van der Waals surface area contributed by atoms with Gasteiger partial charge in [-0.25, -0.2) is 4.79 Å². The van der Waals surface area contributed by atoms with Gasteiger partial charge < -0.3 is 4.74 Å². The molecule has 2 rings (SSSR count). The summed E-state index contributed by atoms with van der Waals surface area (Å²) in [5.41, 5.74) is 1.82. The highest BCUT2D eigenvalue weighted by atomic mass is 16.5. The molecule has 0 unspecified atom stereocenters. The number of ether oxygens (including phenoxy) is 1. The minimum absolute atomic E-state index is 0.317. The zero-order valence-electron chi connectivity index (χ0n) is 11.3. The molecule has 0 aromatic heterocycles. The first-order chi connectivity index (χ1) is 9.15. The highest BCUT2D eigenvalue weighted by Gasteiger charge is 2.08. The fraction of sp³-hybridized carbons (Fsp3) is 0.235. The fourth-order valence-electron chi connectivity index (χ4n) is 1.90. The zero-order valence-corrected chi connectivity index (χ0v) is 11.3. The summed E-state index contributed by atoms with van der Waals surface area (Å²) in [7, 11) is 0. The average Bonchev–Trinajstić information content (AvgIpc) is 2.40. The van der Waals surface area contributed by atoms with E-state index in [9.17, 15) is 4.79 Å². The predicted molar refractivity (Wildman–Crippen MR) is 76.4 cm³/mol. The average molecular weight is 254 g/mol. The minimum Gasteiger partial charge on any atom is -0.423 e. The number of carbonyl (C=O) groups excluding carboxylic acids is 1. The Labute approximate surface area is 114 Å². The van der Waals surface area contributed by atoms with Crippen LogP contribution in [0.2, 0.25) is 0 Å². The van der Waals surface area contributed by atoms with Crippen molar-refractivity contribution in [3.63, 3.8) is 0 Å². The standard InChI is InChI=1S/C17H18O2/c1-13(2)12-14-8-10-15(11-9-14)17(18)19-16-6-4-3-5-7-16/h3-11,13H,12H2,1-2H3. The highest BCUT2D eigenvalue weighted by molar-refractivity contribution is 5.91. The van der Waals surface area contributed by atoms with E-state index in [4.69, 9.17) is 4.74 Å². The van der Waals surface area contributed by atoms with Gasteiger partial charge >= 0.3 is 5.97 Å². The maximum Gasteiger partial charge on any atom is 0.343 e. The molecule has 0 aliphatic carbocycles. The Hall–Kier alpha value is -2.09. The Morgan fingerprint density at radius 1 is 1.00 bits per heavy atom. The molecular formula is C17H18O2. The topological polar surface area (TPSA) is 26.3 Å². The molecule has 0 spiro atoms. The molecule has 2 aromatic rings. The van der Waals surface area contributed by atoms with Crippen LogP contribution in [-0.2, 0) is 6.42 Å². The van der Waals surface area contributed by atoms with Crippen LogP contribution in [0, 0.1) is 5.92 Å². The Morgan fingerprint density at radius 2 is 1.63 bits per heavy atom. The van der Waals surface area contributed by atoms with E-state index in [1.807, 2.05) is 42.5 Å². The quantitative estimate of drug-likeness (QED) is 0.606. The van der Waals surface area contributed by atoms with Crippen LogP contribution in [0.5, 0.6) is 5.75 Å². The molecule has 0 amide bonds. The van der Waals surface area contributed by atoms with Crippen molar-refractivity contribution in [3.8, 4) is 5.75 Å². The number of hydrogen-bond donors (Lipinski definition) is 0. The summed E-state index contributed by atoms with van der Waals surface area (Å²) >= 11 is 0. The second-order valence-electron chi connectivity index (χ2n) is 5.00. The van der Waals surface area contributed by atoms with Crippen LogP contribution in [0.1, 0.15) is 29.8 Å². The van der Waals surface area contributed by atoms with Crippen molar-refractivity contribution < 1.29 is 9.53 Å². The molecule has 0 fully saturated rings. The maximum absolute atomic E-state index is 11.9. The highest BCUT2D eigenvalue weighted by Crippen LogP contribution is 2.14. The number of hydrogen-bond acceptors (Lipinski definition) is 2. The van der Waals surface area contributed by atoms with Crippen molar-refractivity contribution in [1.82, 2.24) is 0 Å². The van der Waals surface area contributed by atoms with Crippen LogP contribution < -0.4 is 4.74 Å². The molecule has 0 saturated heterocycles. The number of esters is 1. The lowest BCUT2D eigenvalue weighted by atomic mass is 10.0. The SMILES string of the molecule is CC(C)Cc1ccc(C(=O)Oc2ccccc2)cc1. The van der Waals surface area contributed by atoms with E-state index in [0.29, 0.717) is 17.2 Å². The summed E-state index contributed by atoms with van der Waals surface area (Å²) in [6.45, 7) is 4.36. The smallest absolute Gasteiger partial charge is 0.343 e. The van der Waals surface area contributed by atoms with Gasteiger partial charge in [-0.1, -0.05) is 44.2 Å². The van der Waals surface area contributed by atoms with Gasteiger partial charge in [-0.3, -0.25) is 0 Å². The third kappa shape index (κ3) is 3.95. The second kappa shape index (κ2) is 6.19. The first kappa shape index (κ1) is 13.3. The molecule has 0 radical (unpaired) electrons. The molecule has 98 valence electrons. The number of rotatable bonds is 4. The van der Waals surface area contributed by atoms with Gasteiger partial charge in [0.15, 0.2) is 0 Å². The zero-order chi connectivity index (χ0) is 13.7. The Bertz CT molecular complexity index is 527. The molecule has 0 heterocycles. The van der Waals surface area contributed by atoms with E-state index in [1.54, 1.807) is 12.1 Å². The van der Waals surface area contributed by atoms with Crippen LogP contribution in [0.15, 0.2) is 54.6 Å². The van der Waals surface area contributed by atoms with Gasteiger partial charge in [-0.2, -0.15) is 0 Å². The Balaban J connectivity index is 2.04. The van der Waals surface area contributed by atoms with Crippen molar-refractivity contribution >= 4 is 5.97 Å². The second-order valence-corrected chi connectivity index (χ2v) is 5.00. The van der Waals surface area contributed by atoms with Crippen molar-refractivity contribution in [2.24, 2.45) is 5.92 Å². The first-order valence-electron chi connectivity index (χ1n) is 6.51. The van der Waals surface area contributed by atoms with Gasteiger partial charge in [0.05, 0.1) is 5.56 Å². The van der Waals surface area contributed by atoms with Crippen molar-refractivity contribution in [3.05, 3.63) is 65.7 Å². The summed E-state index contributed by atoms with van der Waals surface area (Å²) in [6.07, 6.45) is 1.02. The normalized spacial score (nSPS) is 10.5. The number of para-hydroxylation sites is 1. The predicted octanol–water partition coefficient (Wildman–Crippen LogP) is 4.10. The molecule has 2 aromatic carbocycles. The van der Waals surface area contributed by atoms with Gasteiger partial charge in [0.2, 0.25) is 0 Å². The van der Waals surface area contributed by atoms with Gasteiger partial charge in [-0.15, -0.1) is 0 Å². The third-order valence-electron chi connectivity index (χ3n) is 2.79. The molecule has 0 aliphatic heterocycles. The molecule has 2 heteroatoms. The molecule has 19 heavy (non-hydrogen) atoms. The molecule has 2 nitrogen and oxygen atoms in total. The first-order valence-corrected chi connectivity index (χ1v) is 6.51. The van der Waals surface area contributed by atoms with E-state index in [2.05, 4.69) is 13.8 Å². The van der Waals surface area contributed by atoms with Gasteiger partial charge in [-0.05, 0) is 42.2 Å². The van der Waals surface area contributed by atoms with Crippen LogP contribution >= 0.6 is 0 Å². The molecule has 0 bridgehead atoms. The molecule has 0 saturated carbocycles. The molecule has 0 N–H and O–H groups in total. The molecular weight excluding hydrogens is 236 g/mol. The summed E-state index contributed by atoms with van der Waals surface area (Å²) in [6, 6.07) is 16.7. The molecule has 0 aliphatic rings.